The van der Waals surface area contributed by atoms with Gasteiger partial charge in [-0.25, -0.2) is 14.4 Å². The van der Waals surface area contributed by atoms with Gasteiger partial charge in [-0.3, -0.25) is 0 Å². The highest BCUT2D eigenvalue weighted by molar-refractivity contribution is 6.29. The Morgan fingerprint density at radius 3 is 1.88 bits per heavy atom. The van der Waals surface area contributed by atoms with E-state index >= 15 is 4.39 Å². The summed E-state index contributed by atoms with van der Waals surface area (Å²) in [6.07, 6.45) is 0. The van der Waals surface area contributed by atoms with Crippen LogP contribution in [0.5, 0.6) is 0 Å². The van der Waals surface area contributed by atoms with Crippen LogP contribution < -0.4 is 0 Å². The van der Waals surface area contributed by atoms with E-state index in [1.54, 1.807) is 12.1 Å². The van der Waals surface area contributed by atoms with Gasteiger partial charge in [-0.2, -0.15) is 0 Å². The number of aromatic nitrogens is 2. The zero-order valence-corrected chi connectivity index (χ0v) is 18.1. The van der Waals surface area contributed by atoms with E-state index in [0.717, 1.165) is 16.5 Å². The second-order valence-electron chi connectivity index (χ2n) is 7.73. The smallest absolute Gasteiger partial charge is 0.223 e. The Bertz CT molecular complexity index is 1570. The quantitative estimate of drug-likeness (QED) is 0.255. The van der Waals surface area contributed by atoms with Crippen molar-refractivity contribution >= 4 is 33.7 Å². The highest BCUT2D eigenvalue weighted by Gasteiger charge is 2.20. The first-order valence-corrected chi connectivity index (χ1v) is 10.9. The monoisotopic (exact) mass is 450 g/mol. The third kappa shape index (κ3) is 3.36. The predicted octanol–water partition coefficient (Wildman–Crippen LogP) is 8.17. The summed E-state index contributed by atoms with van der Waals surface area (Å²) in [5, 5.41) is 0.961. The van der Waals surface area contributed by atoms with Gasteiger partial charge in [-0.1, -0.05) is 72.8 Å². The predicted molar refractivity (Wildman–Crippen MR) is 131 cm³/mol. The number of benzene rings is 4. The molecule has 0 spiro atoms. The molecule has 0 bridgehead atoms. The number of fused-ring (bicyclic) bond motifs is 3. The van der Waals surface area contributed by atoms with Gasteiger partial charge in [-0.05, 0) is 47.0 Å². The molecule has 158 valence electrons. The third-order valence-corrected chi connectivity index (χ3v) is 5.88. The Hall–Kier alpha value is -4.02. The van der Waals surface area contributed by atoms with Crippen molar-refractivity contribution in [1.82, 2.24) is 9.97 Å². The first-order valence-electron chi connectivity index (χ1n) is 10.5. The molecule has 3 nitrogen and oxygen atoms in total. The van der Waals surface area contributed by atoms with Crippen molar-refractivity contribution < 1.29 is 8.81 Å². The van der Waals surface area contributed by atoms with E-state index in [0.29, 0.717) is 39.1 Å². The molecule has 0 unspecified atom stereocenters. The van der Waals surface area contributed by atoms with Gasteiger partial charge < -0.3 is 4.42 Å². The minimum absolute atomic E-state index is 0.107. The Kier molecular flexibility index (Phi) is 4.67. The molecule has 0 N–H and O–H groups in total. The molecule has 0 atom stereocenters. The van der Waals surface area contributed by atoms with E-state index in [2.05, 4.69) is 9.97 Å². The van der Waals surface area contributed by atoms with Gasteiger partial charge in [0.15, 0.2) is 5.58 Å². The molecule has 4 aromatic carbocycles. The molecular weight excluding hydrogens is 435 g/mol. The van der Waals surface area contributed by atoms with E-state index in [4.69, 9.17) is 16.0 Å². The summed E-state index contributed by atoms with van der Waals surface area (Å²) in [6, 6.07) is 30.2. The fraction of sp³-hybridized carbons (Fsp3) is 0. The number of hydrogen-bond donors (Lipinski definition) is 0. The first-order chi connectivity index (χ1) is 16.2. The SMILES string of the molecule is Fc1c(-c2ccccc2)cc(-c2nc(Cl)nc3c2oc2ccccc23)cc1-c1ccccc1. The molecule has 2 aromatic heterocycles. The summed E-state index contributed by atoms with van der Waals surface area (Å²) in [6.45, 7) is 0. The molecule has 0 fully saturated rings. The lowest BCUT2D eigenvalue weighted by Gasteiger charge is -2.13. The van der Waals surface area contributed by atoms with Crippen molar-refractivity contribution in [2.45, 2.75) is 0 Å². The third-order valence-electron chi connectivity index (χ3n) is 5.71. The van der Waals surface area contributed by atoms with Gasteiger partial charge in [0, 0.05) is 22.1 Å². The van der Waals surface area contributed by atoms with Crippen LogP contribution in [0.3, 0.4) is 0 Å². The minimum Gasteiger partial charge on any atom is -0.452 e. The molecular formula is C28H16ClFN2O. The molecule has 0 radical (unpaired) electrons. The number of hydrogen-bond acceptors (Lipinski definition) is 3. The lowest BCUT2D eigenvalue weighted by Crippen LogP contribution is -1.95. The van der Waals surface area contributed by atoms with Gasteiger partial charge in [0.05, 0.1) is 0 Å². The molecule has 33 heavy (non-hydrogen) atoms. The highest BCUT2D eigenvalue weighted by atomic mass is 35.5. The second-order valence-corrected chi connectivity index (χ2v) is 8.07. The Morgan fingerprint density at radius 2 is 1.24 bits per heavy atom. The molecule has 0 aliphatic carbocycles. The van der Waals surface area contributed by atoms with Gasteiger partial charge in [0.25, 0.3) is 0 Å². The molecule has 0 saturated carbocycles. The Balaban J connectivity index is 1.69. The van der Waals surface area contributed by atoms with Gasteiger partial charge in [-0.15, -0.1) is 0 Å². The lowest BCUT2D eigenvalue weighted by atomic mass is 9.94. The normalized spacial score (nSPS) is 11.3. The molecule has 6 aromatic rings. The number of rotatable bonds is 3. The maximum atomic E-state index is 15.8. The molecule has 6 rings (SSSR count). The number of furan rings is 1. The standard InChI is InChI=1S/C28H16ClFN2O/c29-28-31-25(27-26(32-28)20-13-7-8-14-23(20)33-27)19-15-21(17-9-3-1-4-10-17)24(30)22(16-19)18-11-5-2-6-12-18/h1-16H. The van der Waals surface area contributed by atoms with Crippen LogP contribution in [0.1, 0.15) is 0 Å². The molecule has 0 aliphatic heterocycles. The van der Waals surface area contributed by atoms with Crippen LogP contribution in [0.15, 0.2) is 101 Å². The Labute approximate surface area is 194 Å². The summed E-state index contributed by atoms with van der Waals surface area (Å²) in [5.74, 6) is -0.294. The van der Waals surface area contributed by atoms with Crippen LogP contribution in [-0.2, 0) is 0 Å². The van der Waals surface area contributed by atoms with E-state index in [1.165, 1.54) is 0 Å². The molecule has 2 heterocycles. The number of halogens is 2. The zero-order chi connectivity index (χ0) is 22.4. The topological polar surface area (TPSA) is 38.9 Å². The van der Waals surface area contributed by atoms with Crippen molar-refractivity contribution in [3.05, 3.63) is 108 Å². The van der Waals surface area contributed by atoms with E-state index in [9.17, 15) is 0 Å². The maximum absolute atomic E-state index is 15.8. The second kappa shape index (κ2) is 7.84. The number of nitrogens with zero attached hydrogens (tertiary/aromatic N) is 2. The van der Waals surface area contributed by atoms with Crippen LogP contribution >= 0.6 is 11.6 Å². The molecule has 0 amide bonds. The minimum atomic E-state index is -0.294. The Morgan fingerprint density at radius 1 is 0.667 bits per heavy atom. The summed E-state index contributed by atoms with van der Waals surface area (Å²) < 4.78 is 22.0. The van der Waals surface area contributed by atoms with Crippen molar-refractivity contribution in [2.24, 2.45) is 0 Å². The largest absolute Gasteiger partial charge is 0.452 e. The van der Waals surface area contributed by atoms with Crippen molar-refractivity contribution in [1.29, 1.82) is 0 Å². The summed E-state index contributed by atoms with van der Waals surface area (Å²) in [5.41, 5.74) is 5.57. The van der Waals surface area contributed by atoms with Crippen molar-refractivity contribution in [3.8, 4) is 33.5 Å². The van der Waals surface area contributed by atoms with Gasteiger partial charge >= 0.3 is 0 Å². The fourth-order valence-corrected chi connectivity index (χ4v) is 4.35. The van der Waals surface area contributed by atoms with Gasteiger partial charge in [0.2, 0.25) is 5.28 Å². The van der Waals surface area contributed by atoms with Crippen LogP contribution in [0.25, 0.3) is 55.6 Å². The maximum Gasteiger partial charge on any atom is 0.223 e. The van der Waals surface area contributed by atoms with E-state index in [-0.39, 0.29) is 11.1 Å². The molecule has 0 saturated heterocycles. The van der Waals surface area contributed by atoms with Crippen LogP contribution in [-0.4, -0.2) is 9.97 Å². The van der Waals surface area contributed by atoms with Crippen molar-refractivity contribution in [2.75, 3.05) is 0 Å². The molecule has 0 aliphatic rings. The van der Waals surface area contributed by atoms with Crippen molar-refractivity contribution in [3.63, 3.8) is 0 Å². The van der Waals surface area contributed by atoms with Crippen LogP contribution in [0, 0.1) is 5.82 Å². The highest BCUT2D eigenvalue weighted by Crippen LogP contribution is 2.39. The van der Waals surface area contributed by atoms with Gasteiger partial charge in [0.1, 0.15) is 22.6 Å². The summed E-state index contributed by atoms with van der Waals surface area (Å²) >= 11 is 6.34. The van der Waals surface area contributed by atoms with E-state index in [1.807, 2.05) is 84.9 Å². The fourth-order valence-electron chi connectivity index (χ4n) is 4.18. The average Bonchev–Trinajstić information content (AvgIpc) is 3.23. The molecule has 5 heteroatoms. The summed E-state index contributed by atoms with van der Waals surface area (Å²) in [4.78, 5) is 8.92. The zero-order valence-electron chi connectivity index (χ0n) is 17.3. The first kappa shape index (κ1) is 19.6. The summed E-state index contributed by atoms with van der Waals surface area (Å²) in [7, 11) is 0. The lowest BCUT2D eigenvalue weighted by molar-refractivity contribution is 0.635. The number of para-hydroxylation sites is 1. The van der Waals surface area contributed by atoms with Crippen LogP contribution in [0.2, 0.25) is 5.28 Å². The average molecular weight is 451 g/mol. The van der Waals surface area contributed by atoms with E-state index < -0.39 is 0 Å². The van der Waals surface area contributed by atoms with Crippen LogP contribution in [0.4, 0.5) is 4.39 Å².